The van der Waals surface area contributed by atoms with Gasteiger partial charge in [0.05, 0.1) is 11.5 Å². The molecule has 0 heterocycles. The SMILES string of the molecule is CC(C)C[C@H](N)C(=O)C1(C(O)O)CC[C@H]2C(CC[C@H]3[C@@H]4CCC[C@H]4CC[C@@H]32)C1. The summed E-state index contributed by atoms with van der Waals surface area (Å²) in [7, 11) is 0. The summed E-state index contributed by atoms with van der Waals surface area (Å²) in [5.41, 5.74) is 5.20. The maximum absolute atomic E-state index is 13.3. The maximum atomic E-state index is 13.3. The van der Waals surface area contributed by atoms with Gasteiger partial charge in [0.2, 0.25) is 0 Å². The van der Waals surface area contributed by atoms with Crippen molar-refractivity contribution in [3.63, 3.8) is 0 Å². The number of nitrogens with two attached hydrogens (primary N) is 1. The van der Waals surface area contributed by atoms with Crippen molar-refractivity contribution in [3.05, 3.63) is 0 Å². The summed E-state index contributed by atoms with van der Waals surface area (Å²) in [6.07, 6.45) is 10.8. The van der Waals surface area contributed by atoms with Crippen molar-refractivity contribution in [2.24, 2.45) is 52.6 Å². The van der Waals surface area contributed by atoms with Crippen LogP contribution < -0.4 is 5.73 Å². The first-order chi connectivity index (χ1) is 13.3. The van der Waals surface area contributed by atoms with E-state index in [1.54, 1.807) is 0 Å². The van der Waals surface area contributed by atoms with E-state index in [1.807, 2.05) is 0 Å². The molecule has 0 aromatic rings. The lowest BCUT2D eigenvalue weighted by Crippen LogP contribution is -2.56. The third kappa shape index (κ3) is 3.48. The normalized spacial score (nSPS) is 44.1. The Balaban J connectivity index is 1.50. The van der Waals surface area contributed by atoms with Gasteiger partial charge in [-0.25, -0.2) is 0 Å². The molecule has 0 spiro atoms. The Morgan fingerprint density at radius 3 is 2.21 bits per heavy atom. The highest BCUT2D eigenvalue weighted by atomic mass is 16.5. The van der Waals surface area contributed by atoms with Crippen LogP contribution in [0.25, 0.3) is 0 Å². The highest BCUT2D eigenvalue weighted by Gasteiger charge is 2.56. The summed E-state index contributed by atoms with van der Waals surface area (Å²) >= 11 is 0. The number of Topliss-reactive ketones (excluding diaryl/α,β-unsaturated/α-hetero) is 1. The zero-order valence-corrected chi connectivity index (χ0v) is 17.9. The summed E-state index contributed by atoms with van der Waals surface area (Å²) in [4.78, 5) is 13.3. The maximum Gasteiger partial charge on any atom is 0.164 e. The Hall–Kier alpha value is -0.450. The zero-order valence-electron chi connectivity index (χ0n) is 17.9. The minimum atomic E-state index is -1.58. The van der Waals surface area contributed by atoms with E-state index in [9.17, 15) is 15.0 Å². The second kappa shape index (κ2) is 8.00. The first kappa shape index (κ1) is 20.8. The molecule has 0 aliphatic heterocycles. The quantitative estimate of drug-likeness (QED) is 0.621. The minimum Gasteiger partial charge on any atom is -0.367 e. The van der Waals surface area contributed by atoms with E-state index in [4.69, 9.17) is 5.73 Å². The molecule has 0 aromatic carbocycles. The molecular weight excluding hydrogens is 350 g/mol. The van der Waals surface area contributed by atoms with Gasteiger partial charge in [0.15, 0.2) is 12.1 Å². The van der Waals surface area contributed by atoms with Crippen molar-refractivity contribution < 1.29 is 15.0 Å². The van der Waals surface area contributed by atoms with Gasteiger partial charge in [-0.3, -0.25) is 4.79 Å². The fourth-order valence-electron chi connectivity index (χ4n) is 8.12. The van der Waals surface area contributed by atoms with Gasteiger partial charge in [-0.1, -0.05) is 26.7 Å². The van der Waals surface area contributed by atoms with Crippen molar-refractivity contribution in [3.8, 4) is 0 Å². The van der Waals surface area contributed by atoms with Crippen LogP contribution in [0.3, 0.4) is 0 Å². The van der Waals surface area contributed by atoms with E-state index in [2.05, 4.69) is 13.8 Å². The lowest BCUT2D eigenvalue weighted by Gasteiger charge is -2.55. The minimum absolute atomic E-state index is 0.101. The second-order valence-electron chi connectivity index (χ2n) is 11.1. The molecule has 4 rings (SSSR count). The molecule has 0 radical (unpaired) electrons. The van der Waals surface area contributed by atoms with Crippen LogP contribution in [0.4, 0.5) is 0 Å². The van der Waals surface area contributed by atoms with Gasteiger partial charge >= 0.3 is 0 Å². The van der Waals surface area contributed by atoms with E-state index in [0.29, 0.717) is 37.0 Å². The molecule has 4 nitrogen and oxygen atoms in total. The summed E-state index contributed by atoms with van der Waals surface area (Å²) in [6.45, 7) is 4.12. The van der Waals surface area contributed by atoms with Crippen LogP contribution in [0, 0.1) is 46.8 Å². The predicted molar refractivity (Wildman–Crippen MR) is 110 cm³/mol. The first-order valence-electron chi connectivity index (χ1n) is 12.0. The van der Waals surface area contributed by atoms with Gasteiger partial charge in [-0.15, -0.1) is 0 Å². The van der Waals surface area contributed by atoms with Crippen molar-refractivity contribution in [2.45, 2.75) is 96.8 Å². The van der Waals surface area contributed by atoms with E-state index >= 15 is 0 Å². The van der Waals surface area contributed by atoms with Crippen LogP contribution in [0.1, 0.15) is 84.5 Å². The molecule has 160 valence electrons. The third-order valence-electron chi connectivity index (χ3n) is 9.31. The van der Waals surface area contributed by atoms with Gasteiger partial charge in [0, 0.05) is 0 Å². The molecule has 4 aliphatic rings. The Labute approximate surface area is 170 Å². The molecular formula is C24H41NO3. The van der Waals surface area contributed by atoms with Crippen molar-refractivity contribution in [1.29, 1.82) is 0 Å². The molecule has 0 aromatic heterocycles. The number of fused-ring (bicyclic) bond motifs is 5. The molecule has 4 heteroatoms. The van der Waals surface area contributed by atoms with Crippen molar-refractivity contribution in [2.75, 3.05) is 0 Å². The molecule has 4 aliphatic carbocycles. The summed E-state index contributed by atoms with van der Waals surface area (Å²) in [5, 5.41) is 20.6. The van der Waals surface area contributed by atoms with Gasteiger partial charge in [-0.2, -0.15) is 0 Å². The van der Waals surface area contributed by atoms with Crippen LogP contribution in [0.15, 0.2) is 0 Å². The standard InChI is InChI=1S/C24H41NO3/c1-14(2)12-21(25)22(26)24(23(27)28)11-10-18-16(13-24)7-9-19-17-5-3-4-15(17)6-8-20(18)19/h14-21,23,27-28H,3-13,25H2,1-2H3/t15-,16?,17+,18-,19-,20+,21-,24?/m0/s1. The highest BCUT2D eigenvalue weighted by Crippen LogP contribution is 2.60. The topological polar surface area (TPSA) is 83.6 Å². The predicted octanol–water partition coefficient (Wildman–Crippen LogP) is 3.88. The Morgan fingerprint density at radius 1 is 0.929 bits per heavy atom. The van der Waals surface area contributed by atoms with Crippen LogP contribution in [-0.4, -0.2) is 28.3 Å². The Bertz CT molecular complexity index is 576. The van der Waals surface area contributed by atoms with Crippen molar-refractivity contribution >= 4 is 5.78 Å². The zero-order chi connectivity index (χ0) is 20.1. The van der Waals surface area contributed by atoms with Crippen molar-refractivity contribution in [1.82, 2.24) is 0 Å². The Kier molecular flexibility index (Phi) is 5.94. The highest BCUT2D eigenvalue weighted by molar-refractivity contribution is 5.90. The molecule has 2 unspecified atom stereocenters. The number of carbonyl (C=O) groups excluding carboxylic acids is 1. The van der Waals surface area contributed by atoms with Crippen LogP contribution >= 0.6 is 0 Å². The number of aliphatic hydroxyl groups excluding tert-OH is 1. The molecule has 4 saturated carbocycles. The summed E-state index contributed by atoms with van der Waals surface area (Å²) in [5.74, 6) is 5.02. The van der Waals surface area contributed by atoms with E-state index < -0.39 is 17.7 Å². The monoisotopic (exact) mass is 391 g/mol. The number of carbonyl (C=O) groups is 1. The van der Waals surface area contributed by atoms with Gasteiger partial charge in [0.25, 0.3) is 0 Å². The van der Waals surface area contributed by atoms with E-state index in [1.165, 1.54) is 38.5 Å². The number of hydrogen-bond donors (Lipinski definition) is 3. The molecule has 4 fully saturated rings. The second-order valence-corrected chi connectivity index (χ2v) is 11.1. The smallest absolute Gasteiger partial charge is 0.164 e. The molecule has 28 heavy (non-hydrogen) atoms. The number of ketones is 1. The number of hydrogen-bond acceptors (Lipinski definition) is 4. The number of aliphatic hydroxyl groups is 2. The van der Waals surface area contributed by atoms with Gasteiger partial charge in [0.1, 0.15) is 0 Å². The van der Waals surface area contributed by atoms with Crippen LogP contribution in [0.2, 0.25) is 0 Å². The van der Waals surface area contributed by atoms with Crippen LogP contribution in [-0.2, 0) is 4.79 Å². The lowest BCUT2D eigenvalue weighted by molar-refractivity contribution is -0.184. The third-order valence-corrected chi connectivity index (χ3v) is 9.31. The molecule has 0 amide bonds. The lowest BCUT2D eigenvalue weighted by atomic mass is 9.50. The molecule has 8 atom stereocenters. The molecule has 4 N–H and O–H groups in total. The van der Waals surface area contributed by atoms with E-state index in [-0.39, 0.29) is 5.78 Å². The van der Waals surface area contributed by atoms with Gasteiger partial charge in [-0.05, 0) is 99.2 Å². The van der Waals surface area contributed by atoms with Gasteiger partial charge < -0.3 is 15.9 Å². The fraction of sp³-hybridized carbons (Fsp3) is 0.958. The molecule has 0 bridgehead atoms. The number of rotatable bonds is 5. The average molecular weight is 392 g/mol. The van der Waals surface area contributed by atoms with E-state index in [0.717, 1.165) is 36.5 Å². The first-order valence-corrected chi connectivity index (χ1v) is 12.0. The van der Waals surface area contributed by atoms with Crippen LogP contribution in [0.5, 0.6) is 0 Å². The molecule has 0 saturated heterocycles. The average Bonchev–Trinajstić information content (AvgIpc) is 3.14. The summed E-state index contributed by atoms with van der Waals surface area (Å²) in [6, 6.07) is -0.580. The Morgan fingerprint density at radius 2 is 1.57 bits per heavy atom. The largest absolute Gasteiger partial charge is 0.367 e. The fourth-order valence-corrected chi connectivity index (χ4v) is 8.12. The summed E-state index contributed by atoms with van der Waals surface area (Å²) < 4.78 is 0.